The first-order valence-electron chi connectivity index (χ1n) is 7.64. The summed E-state index contributed by atoms with van der Waals surface area (Å²) in [5, 5.41) is 2.35. The monoisotopic (exact) mass is 359 g/mol. The lowest BCUT2D eigenvalue weighted by atomic mass is 10.1. The van der Waals surface area contributed by atoms with Crippen LogP contribution < -0.4 is 5.32 Å². The number of carbonyl (C=O) groups is 1. The van der Waals surface area contributed by atoms with Gasteiger partial charge in [0.2, 0.25) is 0 Å². The topological polar surface area (TPSA) is 88.6 Å². The summed E-state index contributed by atoms with van der Waals surface area (Å²) in [4.78, 5) is 15.5. The Labute approximate surface area is 141 Å². The molecule has 0 radical (unpaired) electrons. The molecule has 2 heterocycles. The van der Waals surface area contributed by atoms with E-state index in [0.717, 1.165) is 4.31 Å². The molecule has 1 aliphatic heterocycles. The third-order valence-electron chi connectivity index (χ3n) is 3.45. The lowest BCUT2D eigenvalue weighted by molar-refractivity contribution is 0.0438. The Morgan fingerprint density at radius 1 is 1.42 bits per heavy atom. The minimum Gasteiger partial charge on any atom is -0.444 e. The van der Waals surface area contributed by atoms with Gasteiger partial charge in [-0.2, -0.15) is 4.31 Å². The van der Waals surface area contributed by atoms with E-state index in [1.165, 1.54) is 12.3 Å². The third-order valence-corrected chi connectivity index (χ3v) is 5.23. The molecule has 0 unspecified atom stereocenters. The van der Waals surface area contributed by atoms with Crippen molar-refractivity contribution in [2.24, 2.45) is 0 Å². The Hall–Kier alpha value is -1.74. The van der Waals surface area contributed by atoms with Crippen molar-refractivity contribution in [2.75, 3.05) is 13.1 Å². The average Bonchev–Trinajstić information content (AvgIpc) is 2.48. The largest absolute Gasteiger partial charge is 0.444 e. The fourth-order valence-electron chi connectivity index (χ4n) is 2.35. The number of hydrogen-bond acceptors (Lipinski definition) is 5. The predicted molar refractivity (Wildman–Crippen MR) is 85.7 cm³/mol. The molecule has 24 heavy (non-hydrogen) atoms. The van der Waals surface area contributed by atoms with Crippen molar-refractivity contribution >= 4 is 16.1 Å². The summed E-state index contributed by atoms with van der Waals surface area (Å²) in [5.74, 6) is 0. The van der Waals surface area contributed by atoms with E-state index in [9.17, 15) is 17.6 Å². The number of nitrogens with one attached hydrogen (secondary N) is 1. The molecule has 1 aromatic rings. The summed E-state index contributed by atoms with van der Waals surface area (Å²) in [6.07, 6.45) is -0.704. The van der Waals surface area contributed by atoms with Crippen molar-refractivity contribution in [3.8, 4) is 0 Å². The number of amides is 1. The molecule has 7 nitrogen and oxygen atoms in total. The molecule has 1 N–H and O–H groups in total. The van der Waals surface area contributed by atoms with E-state index in [2.05, 4.69) is 10.3 Å². The van der Waals surface area contributed by atoms with Gasteiger partial charge < -0.3 is 10.1 Å². The number of sulfonamides is 1. The highest BCUT2D eigenvalue weighted by molar-refractivity contribution is 7.89. The van der Waals surface area contributed by atoms with Crippen LogP contribution >= 0.6 is 0 Å². The number of halogens is 1. The second-order valence-electron chi connectivity index (χ2n) is 6.59. The average molecular weight is 359 g/mol. The lowest BCUT2D eigenvalue weighted by Crippen LogP contribution is -2.54. The number of alkyl halides is 1. The first kappa shape index (κ1) is 18.6. The Morgan fingerprint density at radius 3 is 2.67 bits per heavy atom. The van der Waals surface area contributed by atoms with Gasteiger partial charge >= 0.3 is 6.09 Å². The van der Waals surface area contributed by atoms with Crippen LogP contribution in [-0.2, 0) is 14.8 Å². The molecule has 0 aromatic carbocycles. The zero-order chi connectivity index (χ0) is 18.0. The number of carbonyl (C=O) groups excluding carboxylic acids is 1. The maximum absolute atomic E-state index is 14.3. The van der Waals surface area contributed by atoms with Crippen LogP contribution in [0.15, 0.2) is 29.4 Å². The molecule has 1 saturated heterocycles. The number of pyridine rings is 1. The minimum atomic E-state index is -3.84. The molecule has 0 aliphatic carbocycles. The van der Waals surface area contributed by atoms with Crippen LogP contribution in [0, 0.1) is 0 Å². The van der Waals surface area contributed by atoms with Crippen LogP contribution in [0.25, 0.3) is 0 Å². The van der Waals surface area contributed by atoms with Gasteiger partial charge in [0.25, 0.3) is 10.0 Å². The maximum Gasteiger partial charge on any atom is 0.407 e. The van der Waals surface area contributed by atoms with Crippen molar-refractivity contribution in [2.45, 2.75) is 50.0 Å². The summed E-state index contributed by atoms with van der Waals surface area (Å²) >= 11 is 0. The number of nitrogens with zero attached hydrogens (tertiary/aromatic N) is 2. The maximum atomic E-state index is 14.3. The van der Waals surface area contributed by atoms with Gasteiger partial charge in [0, 0.05) is 19.3 Å². The summed E-state index contributed by atoms with van der Waals surface area (Å²) in [6.45, 7) is 4.89. The van der Waals surface area contributed by atoms with Crippen molar-refractivity contribution in [3.05, 3.63) is 24.4 Å². The molecule has 0 bridgehead atoms. The predicted octanol–water partition coefficient (Wildman–Crippen LogP) is 1.71. The van der Waals surface area contributed by atoms with Gasteiger partial charge in [0.15, 0.2) is 5.03 Å². The van der Waals surface area contributed by atoms with Crippen LogP contribution in [0.2, 0.25) is 0 Å². The second-order valence-corrected chi connectivity index (χ2v) is 8.47. The number of ether oxygens (including phenoxy) is 1. The van der Waals surface area contributed by atoms with E-state index < -0.39 is 33.9 Å². The fraction of sp³-hybridized carbons (Fsp3) is 0.600. The molecule has 2 atom stereocenters. The molecular weight excluding hydrogens is 337 g/mol. The third kappa shape index (κ3) is 4.64. The van der Waals surface area contributed by atoms with Gasteiger partial charge in [-0.1, -0.05) is 6.07 Å². The van der Waals surface area contributed by atoms with Crippen molar-refractivity contribution in [3.63, 3.8) is 0 Å². The van der Waals surface area contributed by atoms with E-state index in [-0.39, 0.29) is 24.5 Å². The van der Waals surface area contributed by atoms with Gasteiger partial charge in [0.05, 0.1) is 6.04 Å². The van der Waals surface area contributed by atoms with Crippen LogP contribution in [0.5, 0.6) is 0 Å². The number of rotatable bonds is 3. The van der Waals surface area contributed by atoms with Crippen molar-refractivity contribution < 1.29 is 22.3 Å². The number of piperidine rings is 1. The second kappa shape index (κ2) is 7.02. The zero-order valence-corrected chi connectivity index (χ0v) is 14.7. The summed E-state index contributed by atoms with van der Waals surface area (Å²) < 4.78 is 45.4. The standard InChI is InChI=1S/C15H22FN3O4S/c1-15(2,3)23-14(20)18-12-7-9-19(10-11(12)16)24(21,22)13-6-4-5-8-17-13/h4-6,8,11-12H,7,9-10H2,1-3H3,(H,18,20)/t11-,12+/m1/s1. The number of hydrogen-bond donors (Lipinski definition) is 1. The molecular formula is C15H22FN3O4S. The van der Waals surface area contributed by atoms with Gasteiger partial charge in [-0.3, -0.25) is 0 Å². The van der Waals surface area contributed by atoms with Crippen molar-refractivity contribution in [1.82, 2.24) is 14.6 Å². The van der Waals surface area contributed by atoms with Crippen LogP contribution in [-0.4, -0.2) is 54.7 Å². The van der Waals surface area contributed by atoms with E-state index >= 15 is 0 Å². The molecule has 134 valence electrons. The summed E-state index contributed by atoms with van der Waals surface area (Å²) in [6, 6.07) is 3.75. The van der Waals surface area contributed by atoms with Crippen molar-refractivity contribution in [1.29, 1.82) is 0 Å². The van der Waals surface area contributed by atoms with Crippen LogP contribution in [0.4, 0.5) is 9.18 Å². The normalized spacial score (nSPS) is 22.8. The van der Waals surface area contributed by atoms with Crippen LogP contribution in [0.3, 0.4) is 0 Å². The number of alkyl carbamates (subject to hydrolysis) is 1. The molecule has 2 rings (SSSR count). The molecule has 1 fully saturated rings. The van der Waals surface area contributed by atoms with E-state index in [1.54, 1.807) is 32.9 Å². The molecule has 0 saturated carbocycles. The molecule has 9 heteroatoms. The highest BCUT2D eigenvalue weighted by Crippen LogP contribution is 2.21. The quantitative estimate of drug-likeness (QED) is 0.887. The SMILES string of the molecule is CC(C)(C)OC(=O)N[C@H]1CCN(S(=O)(=O)c2ccccn2)C[C@H]1F. The van der Waals surface area contributed by atoms with Gasteiger partial charge in [-0.05, 0) is 39.3 Å². The summed E-state index contributed by atoms with van der Waals surface area (Å²) in [5.41, 5.74) is -0.682. The van der Waals surface area contributed by atoms with E-state index in [1.807, 2.05) is 0 Å². The Bertz CT molecular complexity index is 676. The van der Waals surface area contributed by atoms with Gasteiger partial charge in [-0.25, -0.2) is 22.6 Å². The van der Waals surface area contributed by atoms with Gasteiger partial charge in [-0.15, -0.1) is 0 Å². The van der Waals surface area contributed by atoms with E-state index in [4.69, 9.17) is 4.74 Å². The molecule has 0 spiro atoms. The van der Waals surface area contributed by atoms with E-state index in [0.29, 0.717) is 0 Å². The fourth-order valence-corrected chi connectivity index (χ4v) is 3.74. The minimum absolute atomic E-state index is 0.0970. The number of aromatic nitrogens is 1. The van der Waals surface area contributed by atoms with Gasteiger partial charge in [0.1, 0.15) is 11.8 Å². The first-order valence-corrected chi connectivity index (χ1v) is 9.08. The zero-order valence-electron chi connectivity index (χ0n) is 13.9. The highest BCUT2D eigenvalue weighted by atomic mass is 32.2. The Kier molecular flexibility index (Phi) is 5.44. The Balaban J connectivity index is 1.99. The molecule has 1 aliphatic rings. The molecule has 1 amide bonds. The first-order chi connectivity index (χ1) is 11.1. The van der Waals surface area contributed by atoms with Crippen LogP contribution in [0.1, 0.15) is 27.2 Å². The lowest BCUT2D eigenvalue weighted by Gasteiger charge is -2.34. The molecule has 1 aromatic heterocycles. The Morgan fingerprint density at radius 2 is 2.12 bits per heavy atom. The smallest absolute Gasteiger partial charge is 0.407 e. The highest BCUT2D eigenvalue weighted by Gasteiger charge is 2.37. The summed E-state index contributed by atoms with van der Waals surface area (Å²) in [7, 11) is -3.84.